The Balaban J connectivity index is 3.64. The van der Waals surface area contributed by atoms with Crippen molar-refractivity contribution in [1.29, 1.82) is 0 Å². The van der Waals surface area contributed by atoms with Crippen molar-refractivity contribution in [2.75, 3.05) is 13.6 Å². The second kappa shape index (κ2) is 5.71. The Kier molecular flexibility index (Phi) is 4.66. The van der Waals surface area contributed by atoms with Gasteiger partial charge in [-0.25, -0.2) is 12.8 Å². The number of carbonyl (C=O) groups excluding carboxylic acids is 1. The molecule has 0 atom stereocenters. The van der Waals surface area contributed by atoms with Gasteiger partial charge in [0, 0.05) is 36.4 Å². The van der Waals surface area contributed by atoms with E-state index in [0.717, 1.165) is 4.90 Å². The molecule has 7 nitrogen and oxygen atoms in total. The van der Waals surface area contributed by atoms with Crippen molar-refractivity contribution >= 4 is 31.3 Å². The third-order valence-corrected chi connectivity index (χ3v) is 3.87. The number of nitrogens with zero attached hydrogens (tertiary/aromatic N) is 2. The van der Waals surface area contributed by atoms with Crippen molar-refractivity contribution in [1.82, 2.24) is 4.90 Å². The lowest BCUT2D eigenvalue weighted by Gasteiger charge is -2.15. The number of nitro groups is 1. The van der Waals surface area contributed by atoms with Gasteiger partial charge in [-0.05, 0) is 6.92 Å². The number of rotatable bonds is 4. The average Bonchev–Trinajstić information content (AvgIpc) is 2.35. The third-order valence-electron chi connectivity index (χ3n) is 2.55. The first-order chi connectivity index (χ1) is 9.09. The maximum atomic E-state index is 14.0. The van der Waals surface area contributed by atoms with E-state index >= 15 is 0 Å². The summed E-state index contributed by atoms with van der Waals surface area (Å²) in [5, 5.41) is 10.7. The molecule has 0 heterocycles. The predicted octanol–water partition coefficient (Wildman–Crippen LogP) is 1.75. The summed E-state index contributed by atoms with van der Waals surface area (Å²) in [7, 11) is 1.80. The summed E-state index contributed by atoms with van der Waals surface area (Å²) in [5.74, 6) is -2.29. The van der Waals surface area contributed by atoms with E-state index in [2.05, 4.69) is 0 Å². The molecule has 0 aliphatic carbocycles. The Labute approximate surface area is 118 Å². The van der Waals surface area contributed by atoms with E-state index in [9.17, 15) is 27.7 Å². The minimum atomic E-state index is -4.56. The molecular weight excluding hydrogens is 315 g/mol. The Morgan fingerprint density at radius 1 is 1.50 bits per heavy atom. The van der Waals surface area contributed by atoms with Crippen LogP contribution in [0.3, 0.4) is 0 Å². The molecule has 0 fully saturated rings. The zero-order valence-corrected chi connectivity index (χ0v) is 12.0. The molecule has 0 unspecified atom stereocenters. The molecule has 1 amide bonds. The highest BCUT2D eigenvalue weighted by Gasteiger charge is 2.28. The molecule has 1 aromatic rings. The fourth-order valence-corrected chi connectivity index (χ4v) is 2.29. The van der Waals surface area contributed by atoms with Gasteiger partial charge in [-0.1, -0.05) is 0 Å². The summed E-state index contributed by atoms with van der Waals surface area (Å²) in [6.07, 6.45) is 0. The van der Waals surface area contributed by atoms with Gasteiger partial charge >= 0.3 is 0 Å². The lowest BCUT2D eigenvalue weighted by Crippen LogP contribution is -2.27. The van der Waals surface area contributed by atoms with Gasteiger partial charge in [-0.2, -0.15) is 0 Å². The van der Waals surface area contributed by atoms with Crippen molar-refractivity contribution < 1.29 is 22.5 Å². The van der Waals surface area contributed by atoms with Crippen molar-refractivity contribution in [2.45, 2.75) is 11.8 Å². The first-order valence-corrected chi connectivity index (χ1v) is 7.58. The first-order valence-electron chi connectivity index (χ1n) is 5.27. The molecule has 0 aromatic heterocycles. The SMILES string of the molecule is CCN(C)C(=O)c1cc([N+](=O)[O-])cc(S(=O)(=O)Cl)c1F. The molecule has 0 saturated carbocycles. The Bertz CT molecular complexity index is 676. The number of non-ortho nitro benzene ring substituents is 1. The zero-order chi connectivity index (χ0) is 15.7. The van der Waals surface area contributed by atoms with Gasteiger partial charge in [-0.15, -0.1) is 0 Å². The van der Waals surface area contributed by atoms with E-state index < -0.39 is 41.8 Å². The molecule has 0 bridgehead atoms. The smallest absolute Gasteiger partial charge is 0.271 e. The van der Waals surface area contributed by atoms with Crippen LogP contribution in [-0.4, -0.2) is 37.7 Å². The van der Waals surface area contributed by atoms with E-state index in [0.29, 0.717) is 12.1 Å². The summed E-state index contributed by atoms with van der Waals surface area (Å²) in [4.78, 5) is 21.6. The summed E-state index contributed by atoms with van der Waals surface area (Å²) in [6.45, 7) is 1.82. The van der Waals surface area contributed by atoms with E-state index in [-0.39, 0.29) is 6.54 Å². The van der Waals surface area contributed by atoms with Gasteiger partial charge in [0.25, 0.3) is 20.6 Å². The molecule has 0 aliphatic rings. The predicted molar refractivity (Wildman–Crippen MR) is 68.7 cm³/mol. The summed E-state index contributed by atoms with van der Waals surface area (Å²) in [6, 6.07) is 1.15. The zero-order valence-electron chi connectivity index (χ0n) is 10.5. The van der Waals surface area contributed by atoms with Gasteiger partial charge in [-0.3, -0.25) is 14.9 Å². The lowest BCUT2D eigenvalue weighted by molar-refractivity contribution is -0.385. The van der Waals surface area contributed by atoms with Gasteiger partial charge in [0.1, 0.15) is 4.90 Å². The van der Waals surface area contributed by atoms with E-state index in [1.54, 1.807) is 6.92 Å². The molecular formula is C10H10ClFN2O5S. The Morgan fingerprint density at radius 3 is 2.45 bits per heavy atom. The van der Waals surface area contributed by atoms with Crippen LogP contribution in [0.25, 0.3) is 0 Å². The van der Waals surface area contributed by atoms with Crippen LogP contribution in [0, 0.1) is 15.9 Å². The van der Waals surface area contributed by atoms with Gasteiger partial charge in [0.15, 0.2) is 5.82 Å². The van der Waals surface area contributed by atoms with E-state index in [4.69, 9.17) is 10.7 Å². The summed E-state index contributed by atoms with van der Waals surface area (Å²) < 4.78 is 36.5. The van der Waals surface area contributed by atoms with Crippen LogP contribution >= 0.6 is 10.7 Å². The van der Waals surface area contributed by atoms with Crippen LogP contribution in [0.2, 0.25) is 0 Å². The highest BCUT2D eigenvalue weighted by atomic mass is 35.7. The maximum Gasteiger partial charge on any atom is 0.271 e. The molecule has 20 heavy (non-hydrogen) atoms. The first kappa shape index (κ1) is 16.3. The summed E-state index contributed by atoms with van der Waals surface area (Å²) in [5.41, 5.74) is -1.46. The molecule has 0 N–H and O–H groups in total. The monoisotopic (exact) mass is 324 g/mol. The van der Waals surface area contributed by atoms with E-state index in [1.165, 1.54) is 7.05 Å². The number of carbonyl (C=O) groups is 1. The van der Waals surface area contributed by atoms with Crippen LogP contribution in [0.15, 0.2) is 17.0 Å². The van der Waals surface area contributed by atoms with Crippen molar-refractivity contribution in [3.8, 4) is 0 Å². The van der Waals surface area contributed by atoms with Crippen LogP contribution in [-0.2, 0) is 9.05 Å². The number of halogens is 2. The van der Waals surface area contributed by atoms with Crippen LogP contribution < -0.4 is 0 Å². The van der Waals surface area contributed by atoms with Gasteiger partial charge in [0.05, 0.1) is 10.5 Å². The Hall–Kier alpha value is -1.74. The number of benzene rings is 1. The van der Waals surface area contributed by atoms with E-state index in [1.807, 2.05) is 0 Å². The van der Waals surface area contributed by atoms with Crippen LogP contribution in [0.1, 0.15) is 17.3 Å². The molecule has 0 saturated heterocycles. The highest BCUT2D eigenvalue weighted by molar-refractivity contribution is 8.13. The molecule has 0 radical (unpaired) electrons. The molecule has 1 aromatic carbocycles. The average molecular weight is 325 g/mol. The minimum Gasteiger partial charge on any atom is -0.342 e. The van der Waals surface area contributed by atoms with Gasteiger partial charge in [0.2, 0.25) is 0 Å². The van der Waals surface area contributed by atoms with Crippen LogP contribution in [0.4, 0.5) is 10.1 Å². The standard InChI is InChI=1S/C10H10ClFN2O5S/c1-3-13(2)10(15)7-4-6(14(16)17)5-8(9(7)12)20(11,18)19/h4-5H,3H2,1-2H3. The molecule has 0 spiro atoms. The third kappa shape index (κ3) is 3.23. The molecule has 10 heteroatoms. The quantitative estimate of drug-likeness (QED) is 0.477. The summed E-state index contributed by atoms with van der Waals surface area (Å²) >= 11 is 0. The van der Waals surface area contributed by atoms with Crippen molar-refractivity contribution in [3.05, 3.63) is 33.6 Å². The van der Waals surface area contributed by atoms with Crippen LogP contribution in [0.5, 0.6) is 0 Å². The van der Waals surface area contributed by atoms with Crippen molar-refractivity contribution in [2.24, 2.45) is 0 Å². The number of amides is 1. The van der Waals surface area contributed by atoms with Crippen molar-refractivity contribution in [3.63, 3.8) is 0 Å². The fourth-order valence-electron chi connectivity index (χ4n) is 1.37. The number of hydrogen-bond donors (Lipinski definition) is 0. The molecule has 1 rings (SSSR count). The second-order valence-electron chi connectivity index (χ2n) is 3.82. The fraction of sp³-hybridized carbons (Fsp3) is 0.300. The topological polar surface area (TPSA) is 97.6 Å². The minimum absolute atomic E-state index is 0.212. The lowest BCUT2D eigenvalue weighted by atomic mass is 10.1. The largest absolute Gasteiger partial charge is 0.342 e. The number of hydrogen-bond acceptors (Lipinski definition) is 5. The molecule has 0 aliphatic heterocycles. The normalized spacial score (nSPS) is 11.2. The van der Waals surface area contributed by atoms with Gasteiger partial charge < -0.3 is 4.90 Å². The highest BCUT2D eigenvalue weighted by Crippen LogP contribution is 2.28. The Morgan fingerprint density at radius 2 is 2.05 bits per heavy atom. The maximum absolute atomic E-state index is 14.0. The number of nitro benzene ring substituents is 1. The second-order valence-corrected chi connectivity index (χ2v) is 6.35. The molecule has 110 valence electrons.